The lowest BCUT2D eigenvalue weighted by Crippen LogP contribution is -2.48. The lowest BCUT2D eigenvalue weighted by molar-refractivity contribution is -0.132. The molecule has 1 saturated heterocycles. The van der Waals surface area contributed by atoms with Crippen molar-refractivity contribution >= 4 is 5.91 Å². The van der Waals surface area contributed by atoms with Gasteiger partial charge in [-0.2, -0.15) is 4.98 Å². The average Bonchev–Trinajstić information content (AvgIpc) is 3.28. The standard InChI is InChI=1S/C23H26N4O4/c1-29-19-8-6-18(7-9-19)23-24-21(31-25-23)16-26-10-12-27(13-11-26)22(28)15-17-4-3-5-20(14-17)30-2/h3-9,14H,10-13,15-16H2,1-2H3. The first-order valence-corrected chi connectivity index (χ1v) is 10.2. The van der Waals surface area contributed by atoms with E-state index in [0.29, 0.717) is 37.8 Å². The van der Waals surface area contributed by atoms with Crippen LogP contribution in [0.1, 0.15) is 11.5 Å². The quantitative estimate of drug-likeness (QED) is 0.579. The minimum atomic E-state index is 0.132. The summed E-state index contributed by atoms with van der Waals surface area (Å²) in [7, 11) is 3.26. The van der Waals surface area contributed by atoms with Gasteiger partial charge in [0.25, 0.3) is 0 Å². The van der Waals surface area contributed by atoms with Crippen molar-refractivity contribution in [3.63, 3.8) is 0 Å². The van der Waals surface area contributed by atoms with E-state index in [-0.39, 0.29) is 5.91 Å². The summed E-state index contributed by atoms with van der Waals surface area (Å²) in [5, 5.41) is 4.08. The number of carbonyl (C=O) groups is 1. The Kier molecular flexibility index (Phi) is 6.47. The van der Waals surface area contributed by atoms with E-state index in [2.05, 4.69) is 15.0 Å². The molecule has 1 fully saturated rings. The summed E-state index contributed by atoms with van der Waals surface area (Å²) < 4.78 is 15.8. The summed E-state index contributed by atoms with van der Waals surface area (Å²) in [5.41, 5.74) is 1.84. The average molecular weight is 422 g/mol. The maximum atomic E-state index is 12.7. The number of nitrogens with zero attached hydrogens (tertiary/aromatic N) is 4. The van der Waals surface area contributed by atoms with Crippen LogP contribution >= 0.6 is 0 Å². The summed E-state index contributed by atoms with van der Waals surface area (Å²) in [6, 6.07) is 15.2. The van der Waals surface area contributed by atoms with Crippen LogP contribution in [-0.2, 0) is 17.8 Å². The second-order valence-corrected chi connectivity index (χ2v) is 7.43. The highest BCUT2D eigenvalue weighted by Gasteiger charge is 2.23. The molecule has 2 heterocycles. The van der Waals surface area contributed by atoms with Gasteiger partial charge in [-0.15, -0.1) is 0 Å². The number of amides is 1. The monoisotopic (exact) mass is 422 g/mol. The highest BCUT2D eigenvalue weighted by molar-refractivity contribution is 5.79. The fourth-order valence-electron chi connectivity index (χ4n) is 3.59. The van der Waals surface area contributed by atoms with Gasteiger partial charge in [-0.05, 0) is 42.0 Å². The molecule has 1 aliphatic rings. The SMILES string of the molecule is COc1ccc(-c2noc(CN3CCN(C(=O)Cc4cccc(OC)c4)CC3)n2)cc1. The van der Waals surface area contributed by atoms with Crippen molar-refractivity contribution in [2.24, 2.45) is 0 Å². The van der Waals surface area contributed by atoms with Gasteiger partial charge in [0.05, 0.1) is 27.2 Å². The molecule has 0 bridgehead atoms. The van der Waals surface area contributed by atoms with Gasteiger partial charge in [0, 0.05) is 31.7 Å². The fourth-order valence-corrected chi connectivity index (χ4v) is 3.59. The van der Waals surface area contributed by atoms with E-state index in [4.69, 9.17) is 14.0 Å². The van der Waals surface area contributed by atoms with E-state index in [1.54, 1.807) is 14.2 Å². The number of carbonyl (C=O) groups excluding carboxylic acids is 1. The van der Waals surface area contributed by atoms with Crippen molar-refractivity contribution < 1.29 is 18.8 Å². The first-order chi connectivity index (χ1) is 15.1. The third-order valence-electron chi connectivity index (χ3n) is 5.39. The van der Waals surface area contributed by atoms with Crippen molar-refractivity contribution in [1.29, 1.82) is 0 Å². The molecule has 1 aromatic heterocycles. The summed E-state index contributed by atoms with van der Waals surface area (Å²) >= 11 is 0. The lowest BCUT2D eigenvalue weighted by Gasteiger charge is -2.34. The minimum absolute atomic E-state index is 0.132. The molecule has 3 aromatic rings. The molecule has 0 N–H and O–H groups in total. The highest BCUT2D eigenvalue weighted by Crippen LogP contribution is 2.20. The van der Waals surface area contributed by atoms with Crippen LogP contribution in [0.3, 0.4) is 0 Å². The first-order valence-electron chi connectivity index (χ1n) is 10.2. The molecule has 0 unspecified atom stereocenters. The van der Waals surface area contributed by atoms with Crippen LogP contribution in [-0.4, -0.2) is 66.2 Å². The van der Waals surface area contributed by atoms with Gasteiger partial charge in [-0.3, -0.25) is 9.69 Å². The Morgan fingerprint density at radius 2 is 1.74 bits per heavy atom. The largest absolute Gasteiger partial charge is 0.497 e. The predicted octanol–water partition coefficient (Wildman–Crippen LogP) is 2.64. The second kappa shape index (κ2) is 9.61. The van der Waals surface area contributed by atoms with Crippen molar-refractivity contribution in [1.82, 2.24) is 19.9 Å². The van der Waals surface area contributed by atoms with E-state index in [9.17, 15) is 4.79 Å². The lowest BCUT2D eigenvalue weighted by atomic mass is 10.1. The zero-order chi connectivity index (χ0) is 21.6. The van der Waals surface area contributed by atoms with Crippen molar-refractivity contribution in [3.05, 3.63) is 60.0 Å². The molecule has 0 spiro atoms. The zero-order valence-corrected chi connectivity index (χ0v) is 17.8. The van der Waals surface area contributed by atoms with Gasteiger partial charge in [0.15, 0.2) is 0 Å². The molecule has 1 amide bonds. The van der Waals surface area contributed by atoms with Crippen LogP contribution in [0.5, 0.6) is 11.5 Å². The maximum Gasteiger partial charge on any atom is 0.241 e. The molecule has 4 rings (SSSR count). The van der Waals surface area contributed by atoms with Gasteiger partial charge in [0.2, 0.25) is 17.6 Å². The van der Waals surface area contributed by atoms with Gasteiger partial charge in [-0.1, -0.05) is 17.3 Å². The molecule has 0 radical (unpaired) electrons. The molecule has 0 aliphatic carbocycles. The molecule has 0 atom stereocenters. The molecule has 8 heteroatoms. The number of hydrogen-bond acceptors (Lipinski definition) is 7. The Morgan fingerprint density at radius 1 is 1.00 bits per heavy atom. The Hall–Kier alpha value is -3.39. The fraction of sp³-hybridized carbons (Fsp3) is 0.348. The third-order valence-corrected chi connectivity index (χ3v) is 5.39. The van der Waals surface area contributed by atoms with E-state index in [0.717, 1.165) is 35.7 Å². The van der Waals surface area contributed by atoms with E-state index in [1.165, 1.54) is 0 Å². The summed E-state index contributed by atoms with van der Waals surface area (Å²) in [5.74, 6) is 2.81. The Bertz CT molecular complexity index is 1010. The molecular weight excluding hydrogens is 396 g/mol. The number of rotatable bonds is 7. The van der Waals surface area contributed by atoms with Crippen molar-refractivity contribution in [2.45, 2.75) is 13.0 Å². The Labute approximate surface area is 181 Å². The molecule has 8 nitrogen and oxygen atoms in total. The van der Waals surface area contributed by atoms with E-state index < -0.39 is 0 Å². The van der Waals surface area contributed by atoms with Crippen LogP contribution < -0.4 is 9.47 Å². The number of benzene rings is 2. The Morgan fingerprint density at radius 3 is 2.45 bits per heavy atom. The Balaban J connectivity index is 1.28. The molecule has 31 heavy (non-hydrogen) atoms. The molecule has 0 saturated carbocycles. The number of piperazine rings is 1. The van der Waals surface area contributed by atoms with Crippen molar-refractivity contribution in [2.75, 3.05) is 40.4 Å². The van der Waals surface area contributed by atoms with Crippen LogP contribution in [0, 0.1) is 0 Å². The highest BCUT2D eigenvalue weighted by atomic mass is 16.5. The van der Waals surface area contributed by atoms with Crippen LogP contribution in [0.2, 0.25) is 0 Å². The molecule has 1 aliphatic heterocycles. The number of hydrogen-bond donors (Lipinski definition) is 0. The van der Waals surface area contributed by atoms with Crippen LogP contribution in [0.25, 0.3) is 11.4 Å². The summed E-state index contributed by atoms with van der Waals surface area (Å²) in [6.45, 7) is 3.47. The third kappa shape index (κ3) is 5.21. The number of methoxy groups -OCH3 is 2. The number of aromatic nitrogens is 2. The van der Waals surface area contributed by atoms with E-state index in [1.807, 2.05) is 53.4 Å². The summed E-state index contributed by atoms with van der Waals surface area (Å²) in [4.78, 5) is 21.3. The van der Waals surface area contributed by atoms with Gasteiger partial charge in [0.1, 0.15) is 11.5 Å². The van der Waals surface area contributed by atoms with Crippen molar-refractivity contribution in [3.8, 4) is 22.9 Å². The van der Waals surface area contributed by atoms with Crippen LogP contribution in [0.4, 0.5) is 0 Å². The smallest absolute Gasteiger partial charge is 0.241 e. The number of ether oxygens (including phenoxy) is 2. The van der Waals surface area contributed by atoms with Crippen LogP contribution in [0.15, 0.2) is 53.1 Å². The molecule has 162 valence electrons. The van der Waals surface area contributed by atoms with Gasteiger partial charge in [-0.25, -0.2) is 0 Å². The molecular formula is C23H26N4O4. The molecule has 2 aromatic carbocycles. The topological polar surface area (TPSA) is 80.9 Å². The minimum Gasteiger partial charge on any atom is -0.497 e. The van der Waals surface area contributed by atoms with E-state index >= 15 is 0 Å². The predicted molar refractivity (Wildman–Crippen MR) is 115 cm³/mol. The maximum absolute atomic E-state index is 12.7. The second-order valence-electron chi connectivity index (χ2n) is 7.43. The first kappa shape index (κ1) is 20.9. The zero-order valence-electron chi connectivity index (χ0n) is 17.8. The van der Waals surface area contributed by atoms with Gasteiger partial charge < -0.3 is 18.9 Å². The van der Waals surface area contributed by atoms with Gasteiger partial charge >= 0.3 is 0 Å². The normalized spacial score (nSPS) is 14.5. The summed E-state index contributed by atoms with van der Waals surface area (Å²) in [6.07, 6.45) is 0.381.